The van der Waals surface area contributed by atoms with Gasteiger partial charge in [0.25, 0.3) is 0 Å². The Labute approximate surface area is 86.6 Å². The zero-order valence-electron chi connectivity index (χ0n) is 9.52. The highest BCUT2D eigenvalue weighted by molar-refractivity contribution is 5.82. The van der Waals surface area contributed by atoms with Crippen molar-refractivity contribution in [1.82, 2.24) is 10.6 Å². The van der Waals surface area contributed by atoms with Gasteiger partial charge in [-0.1, -0.05) is 13.3 Å². The van der Waals surface area contributed by atoms with E-state index >= 15 is 0 Å². The van der Waals surface area contributed by atoms with Crippen LogP contribution < -0.4 is 10.6 Å². The van der Waals surface area contributed by atoms with Gasteiger partial charge in [-0.25, -0.2) is 0 Å². The van der Waals surface area contributed by atoms with Crippen molar-refractivity contribution < 1.29 is 4.79 Å². The molecule has 2 N–H and O–H groups in total. The van der Waals surface area contributed by atoms with Gasteiger partial charge in [-0.3, -0.25) is 4.79 Å². The molecule has 0 aromatic heterocycles. The number of rotatable bonds is 4. The molecule has 0 aliphatic carbocycles. The second-order valence-corrected chi connectivity index (χ2v) is 4.77. The molecule has 3 nitrogen and oxygen atoms in total. The molecule has 82 valence electrons. The van der Waals surface area contributed by atoms with E-state index in [-0.39, 0.29) is 17.5 Å². The van der Waals surface area contributed by atoms with Crippen molar-refractivity contribution in [2.24, 2.45) is 0 Å². The summed E-state index contributed by atoms with van der Waals surface area (Å²) in [5.41, 5.74) is -0.0594. The Kier molecular flexibility index (Phi) is 3.93. The maximum Gasteiger partial charge on any atom is 0.237 e. The Balaban J connectivity index is 2.38. The van der Waals surface area contributed by atoms with Crippen molar-refractivity contribution in [3.05, 3.63) is 0 Å². The third kappa shape index (κ3) is 3.29. The summed E-state index contributed by atoms with van der Waals surface area (Å²) in [6.45, 7) is 7.29. The van der Waals surface area contributed by atoms with Crippen LogP contribution in [0.1, 0.15) is 46.5 Å². The minimum atomic E-state index is -0.0594. The molecule has 1 aliphatic heterocycles. The summed E-state index contributed by atoms with van der Waals surface area (Å²) < 4.78 is 0. The van der Waals surface area contributed by atoms with Crippen molar-refractivity contribution in [1.29, 1.82) is 0 Å². The lowest BCUT2D eigenvalue weighted by Crippen LogP contribution is -2.50. The molecule has 1 aliphatic rings. The first-order chi connectivity index (χ1) is 6.55. The molecule has 0 unspecified atom stereocenters. The third-order valence-corrected chi connectivity index (χ3v) is 2.71. The summed E-state index contributed by atoms with van der Waals surface area (Å²) in [5.74, 6) is 0.168. The van der Waals surface area contributed by atoms with Crippen LogP contribution in [0.4, 0.5) is 0 Å². The predicted molar refractivity (Wildman–Crippen MR) is 58.2 cm³/mol. The highest BCUT2D eigenvalue weighted by Gasteiger charge is 2.26. The Morgan fingerprint density at radius 3 is 2.79 bits per heavy atom. The lowest BCUT2D eigenvalue weighted by molar-refractivity contribution is -0.124. The normalized spacial score (nSPS) is 22.4. The first-order valence-corrected chi connectivity index (χ1v) is 5.60. The molecule has 0 aromatic rings. The van der Waals surface area contributed by atoms with E-state index in [4.69, 9.17) is 0 Å². The standard InChI is InChI=1S/C11H22N2O/c1-4-7-11(2,3)13-10(14)9-6-5-8-12-9/h9,12H,4-8H2,1-3H3,(H,13,14)/t9-/m0/s1. The molecule has 0 radical (unpaired) electrons. The van der Waals surface area contributed by atoms with Gasteiger partial charge in [-0.15, -0.1) is 0 Å². The van der Waals surface area contributed by atoms with E-state index in [1.54, 1.807) is 0 Å². The van der Waals surface area contributed by atoms with Gasteiger partial charge in [0.15, 0.2) is 0 Å². The molecule has 1 atom stereocenters. The average Bonchev–Trinajstić information content (AvgIpc) is 2.53. The van der Waals surface area contributed by atoms with Crippen molar-refractivity contribution in [2.45, 2.75) is 58.0 Å². The van der Waals surface area contributed by atoms with Gasteiger partial charge < -0.3 is 10.6 Å². The molecule has 0 saturated carbocycles. The molecular formula is C11H22N2O. The van der Waals surface area contributed by atoms with Crippen molar-refractivity contribution >= 4 is 5.91 Å². The SMILES string of the molecule is CCCC(C)(C)NC(=O)[C@@H]1CCCN1. The molecule has 1 heterocycles. The smallest absolute Gasteiger partial charge is 0.237 e. The lowest BCUT2D eigenvalue weighted by Gasteiger charge is -2.27. The molecule has 1 saturated heterocycles. The molecule has 1 amide bonds. The van der Waals surface area contributed by atoms with Crippen molar-refractivity contribution in [3.8, 4) is 0 Å². The van der Waals surface area contributed by atoms with E-state index in [0.717, 1.165) is 32.2 Å². The summed E-state index contributed by atoms with van der Waals surface area (Å²) in [7, 11) is 0. The van der Waals surface area contributed by atoms with Gasteiger partial charge in [0.1, 0.15) is 0 Å². The minimum absolute atomic E-state index is 0.0473. The molecule has 0 bridgehead atoms. The minimum Gasteiger partial charge on any atom is -0.350 e. The van der Waals surface area contributed by atoms with E-state index in [1.165, 1.54) is 0 Å². The van der Waals surface area contributed by atoms with Crippen LogP contribution in [-0.4, -0.2) is 24.0 Å². The number of hydrogen-bond acceptors (Lipinski definition) is 2. The van der Waals surface area contributed by atoms with Gasteiger partial charge in [-0.2, -0.15) is 0 Å². The number of nitrogens with one attached hydrogen (secondary N) is 2. The Morgan fingerprint density at radius 1 is 1.57 bits per heavy atom. The first kappa shape index (κ1) is 11.5. The van der Waals surface area contributed by atoms with E-state index in [0.29, 0.717) is 0 Å². The van der Waals surface area contributed by atoms with E-state index in [2.05, 4.69) is 31.4 Å². The second kappa shape index (κ2) is 4.78. The van der Waals surface area contributed by atoms with Crippen molar-refractivity contribution in [3.63, 3.8) is 0 Å². The number of hydrogen-bond donors (Lipinski definition) is 2. The molecule has 3 heteroatoms. The second-order valence-electron chi connectivity index (χ2n) is 4.77. The molecule has 1 fully saturated rings. The summed E-state index contributed by atoms with van der Waals surface area (Å²) in [4.78, 5) is 11.8. The quantitative estimate of drug-likeness (QED) is 0.717. The lowest BCUT2D eigenvalue weighted by atomic mass is 9.98. The van der Waals surface area contributed by atoms with E-state index < -0.39 is 0 Å². The van der Waals surface area contributed by atoms with Crippen LogP contribution in [0.2, 0.25) is 0 Å². The maximum atomic E-state index is 11.8. The fourth-order valence-corrected chi connectivity index (χ4v) is 2.02. The Hall–Kier alpha value is -0.570. The summed E-state index contributed by atoms with van der Waals surface area (Å²) in [6.07, 6.45) is 4.23. The molecule has 1 rings (SSSR count). The van der Waals surface area contributed by atoms with Crippen LogP contribution in [0.25, 0.3) is 0 Å². The Morgan fingerprint density at radius 2 is 2.29 bits per heavy atom. The molecule has 0 spiro atoms. The van der Waals surface area contributed by atoms with E-state index in [1.807, 2.05) is 0 Å². The highest BCUT2D eigenvalue weighted by atomic mass is 16.2. The summed E-state index contributed by atoms with van der Waals surface area (Å²) in [6, 6.07) is 0.0473. The molecule has 0 aromatic carbocycles. The van der Waals surface area contributed by atoms with Gasteiger partial charge in [-0.05, 0) is 39.7 Å². The number of amides is 1. The van der Waals surface area contributed by atoms with E-state index in [9.17, 15) is 4.79 Å². The van der Waals surface area contributed by atoms with Crippen LogP contribution in [0.3, 0.4) is 0 Å². The van der Waals surface area contributed by atoms with Gasteiger partial charge in [0.2, 0.25) is 5.91 Å². The fourth-order valence-electron chi connectivity index (χ4n) is 2.02. The van der Waals surface area contributed by atoms with Crippen LogP contribution in [0, 0.1) is 0 Å². The zero-order valence-corrected chi connectivity index (χ0v) is 9.52. The summed E-state index contributed by atoms with van der Waals surface area (Å²) >= 11 is 0. The van der Waals surface area contributed by atoms with Crippen LogP contribution >= 0.6 is 0 Å². The number of carbonyl (C=O) groups excluding carboxylic acids is 1. The predicted octanol–water partition coefficient (Wildman–Crippen LogP) is 1.43. The van der Waals surface area contributed by atoms with Gasteiger partial charge >= 0.3 is 0 Å². The van der Waals surface area contributed by atoms with Crippen molar-refractivity contribution in [2.75, 3.05) is 6.54 Å². The fraction of sp³-hybridized carbons (Fsp3) is 0.909. The number of carbonyl (C=O) groups is 1. The van der Waals surface area contributed by atoms with Crippen LogP contribution in [0.15, 0.2) is 0 Å². The van der Waals surface area contributed by atoms with Crippen LogP contribution in [-0.2, 0) is 4.79 Å². The maximum absolute atomic E-state index is 11.8. The van der Waals surface area contributed by atoms with Gasteiger partial charge in [0, 0.05) is 5.54 Å². The topological polar surface area (TPSA) is 41.1 Å². The Bertz CT molecular complexity index is 195. The average molecular weight is 198 g/mol. The van der Waals surface area contributed by atoms with Gasteiger partial charge in [0.05, 0.1) is 6.04 Å². The summed E-state index contributed by atoms with van der Waals surface area (Å²) in [5, 5.41) is 6.31. The third-order valence-electron chi connectivity index (χ3n) is 2.71. The molecule has 14 heavy (non-hydrogen) atoms. The molecular weight excluding hydrogens is 176 g/mol. The zero-order chi connectivity index (χ0) is 10.6. The van der Waals surface area contributed by atoms with Crippen LogP contribution in [0.5, 0.6) is 0 Å². The highest BCUT2D eigenvalue weighted by Crippen LogP contribution is 2.12. The monoisotopic (exact) mass is 198 g/mol. The first-order valence-electron chi connectivity index (χ1n) is 5.60. The largest absolute Gasteiger partial charge is 0.350 e.